The fraction of sp³-hybridized carbons (Fsp3) is 0.375. The Kier molecular flexibility index (Phi) is 6.21. The molecule has 1 heterocycles. The SMILES string of the molecule is COc1ccc2cc([C@H](C)C(=O)Nc3cnn(CC(=O)NC4CCCC4)c3)ccc2c1. The molecule has 1 fully saturated rings. The van der Waals surface area contributed by atoms with Crippen LogP contribution in [0.4, 0.5) is 5.69 Å². The Morgan fingerprint density at radius 2 is 1.90 bits per heavy atom. The summed E-state index contributed by atoms with van der Waals surface area (Å²) < 4.78 is 6.82. The lowest BCUT2D eigenvalue weighted by Gasteiger charge is -2.13. The Bertz CT molecular complexity index is 1090. The van der Waals surface area contributed by atoms with Crippen molar-refractivity contribution in [2.24, 2.45) is 0 Å². The van der Waals surface area contributed by atoms with Crippen LogP contribution in [0.5, 0.6) is 5.75 Å². The third-order valence-corrected chi connectivity index (χ3v) is 5.89. The highest BCUT2D eigenvalue weighted by atomic mass is 16.5. The number of hydrogen-bond donors (Lipinski definition) is 2. The largest absolute Gasteiger partial charge is 0.497 e. The van der Waals surface area contributed by atoms with Crippen molar-refractivity contribution < 1.29 is 14.3 Å². The van der Waals surface area contributed by atoms with E-state index in [9.17, 15) is 9.59 Å². The molecule has 4 rings (SSSR count). The van der Waals surface area contributed by atoms with E-state index in [-0.39, 0.29) is 30.3 Å². The first kappa shape index (κ1) is 20.9. The number of anilines is 1. The molecule has 2 amide bonds. The maximum Gasteiger partial charge on any atom is 0.241 e. The molecule has 1 aliphatic carbocycles. The number of carbonyl (C=O) groups is 2. The number of aromatic nitrogens is 2. The average molecular weight is 421 g/mol. The van der Waals surface area contributed by atoms with Gasteiger partial charge in [-0.3, -0.25) is 14.3 Å². The molecule has 0 radical (unpaired) electrons. The van der Waals surface area contributed by atoms with Crippen LogP contribution in [0.3, 0.4) is 0 Å². The van der Waals surface area contributed by atoms with Crippen molar-refractivity contribution in [2.75, 3.05) is 12.4 Å². The van der Waals surface area contributed by atoms with Crippen LogP contribution in [-0.2, 0) is 16.1 Å². The van der Waals surface area contributed by atoms with Crippen LogP contribution in [0.25, 0.3) is 10.8 Å². The van der Waals surface area contributed by atoms with Crippen LogP contribution in [0.1, 0.15) is 44.1 Å². The van der Waals surface area contributed by atoms with Crippen molar-refractivity contribution in [3.05, 3.63) is 54.4 Å². The van der Waals surface area contributed by atoms with Crippen molar-refractivity contribution in [3.63, 3.8) is 0 Å². The van der Waals surface area contributed by atoms with Crippen molar-refractivity contribution in [1.82, 2.24) is 15.1 Å². The van der Waals surface area contributed by atoms with Gasteiger partial charge in [0.2, 0.25) is 11.8 Å². The Balaban J connectivity index is 1.36. The smallest absolute Gasteiger partial charge is 0.241 e. The zero-order valence-electron chi connectivity index (χ0n) is 17.9. The monoisotopic (exact) mass is 420 g/mol. The lowest BCUT2D eigenvalue weighted by Crippen LogP contribution is -2.35. The summed E-state index contributed by atoms with van der Waals surface area (Å²) in [7, 11) is 1.64. The van der Waals surface area contributed by atoms with Gasteiger partial charge in [0.25, 0.3) is 0 Å². The van der Waals surface area contributed by atoms with Gasteiger partial charge in [0.15, 0.2) is 0 Å². The molecule has 7 heteroatoms. The van der Waals surface area contributed by atoms with Crippen LogP contribution in [0.2, 0.25) is 0 Å². The second-order valence-electron chi connectivity index (χ2n) is 8.16. The van der Waals surface area contributed by atoms with Gasteiger partial charge in [-0.15, -0.1) is 0 Å². The molecule has 2 aromatic carbocycles. The molecule has 0 spiro atoms. The van der Waals surface area contributed by atoms with Gasteiger partial charge in [0.1, 0.15) is 12.3 Å². The molecule has 162 valence electrons. The summed E-state index contributed by atoms with van der Waals surface area (Å²) >= 11 is 0. The number of nitrogens with one attached hydrogen (secondary N) is 2. The number of ether oxygens (including phenoxy) is 1. The van der Waals surface area contributed by atoms with E-state index in [1.165, 1.54) is 12.8 Å². The third-order valence-electron chi connectivity index (χ3n) is 5.89. The quantitative estimate of drug-likeness (QED) is 0.608. The lowest BCUT2D eigenvalue weighted by molar-refractivity contribution is -0.122. The van der Waals surface area contributed by atoms with E-state index in [2.05, 4.69) is 15.7 Å². The molecule has 2 N–H and O–H groups in total. The van der Waals surface area contributed by atoms with Crippen LogP contribution < -0.4 is 15.4 Å². The number of nitrogens with zero attached hydrogens (tertiary/aromatic N) is 2. The number of carbonyl (C=O) groups excluding carboxylic acids is 2. The second kappa shape index (κ2) is 9.20. The molecule has 0 aliphatic heterocycles. The van der Waals surface area contributed by atoms with Gasteiger partial charge < -0.3 is 15.4 Å². The van der Waals surface area contributed by atoms with Gasteiger partial charge in [-0.2, -0.15) is 5.10 Å². The summed E-state index contributed by atoms with van der Waals surface area (Å²) in [5, 5.41) is 12.3. The van der Waals surface area contributed by atoms with Gasteiger partial charge in [-0.1, -0.05) is 37.1 Å². The Morgan fingerprint density at radius 1 is 1.16 bits per heavy atom. The number of benzene rings is 2. The molecule has 0 bridgehead atoms. The Hall–Kier alpha value is -3.35. The maximum absolute atomic E-state index is 12.8. The molecule has 0 saturated heterocycles. The number of rotatable bonds is 7. The van der Waals surface area contributed by atoms with Gasteiger partial charge in [0.05, 0.1) is 24.9 Å². The zero-order chi connectivity index (χ0) is 21.8. The van der Waals surface area contributed by atoms with E-state index in [1.807, 2.05) is 43.3 Å². The van der Waals surface area contributed by atoms with E-state index in [0.717, 1.165) is 34.9 Å². The topological polar surface area (TPSA) is 85.2 Å². The van der Waals surface area contributed by atoms with Crippen LogP contribution in [-0.4, -0.2) is 34.7 Å². The van der Waals surface area contributed by atoms with Crippen LogP contribution in [0, 0.1) is 0 Å². The maximum atomic E-state index is 12.8. The number of hydrogen-bond acceptors (Lipinski definition) is 4. The van der Waals surface area contributed by atoms with Crippen molar-refractivity contribution in [2.45, 2.75) is 51.1 Å². The number of methoxy groups -OCH3 is 1. The van der Waals surface area contributed by atoms with Crippen LogP contribution in [0.15, 0.2) is 48.8 Å². The minimum absolute atomic E-state index is 0.0472. The van der Waals surface area contributed by atoms with Crippen LogP contribution >= 0.6 is 0 Å². The molecular formula is C24H28N4O3. The molecular weight excluding hydrogens is 392 g/mol. The second-order valence-corrected chi connectivity index (χ2v) is 8.16. The third kappa shape index (κ3) is 5.05. The Morgan fingerprint density at radius 3 is 2.68 bits per heavy atom. The highest BCUT2D eigenvalue weighted by Crippen LogP contribution is 2.26. The summed E-state index contributed by atoms with van der Waals surface area (Å²) in [5.74, 6) is 0.303. The summed E-state index contributed by atoms with van der Waals surface area (Å²) in [6.45, 7) is 2.02. The summed E-state index contributed by atoms with van der Waals surface area (Å²) in [4.78, 5) is 24.9. The molecule has 7 nitrogen and oxygen atoms in total. The van der Waals surface area contributed by atoms with Gasteiger partial charge >= 0.3 is 0 Å². The molecule has 31 heavy (non-hydrogen) atoms. The first-order valence-electron chi connectivity index (χ1n) is 10.7. The van der Waals surface area contributed by atoms with E-state index in [4.69, 9.17) is 4.74 Å². The Labute approximate surface area is 181 Å². The zero-order valence-corrected chi connectivity index (χ0v) is 17.9. The average Bonchev–Trinajstić information content (AvgIpc) is 3.44. The predicted octanol–water partition coefficient (Wildman–Crippen LogP) is 3.85. The fourth-order valence-electron chi connectivity index (χ4n) is 4.05. The predicted molar refractivity (Wildman–Crippen MR) is 120 cm³/mol. The lowest BCUT2D eigenvalue weighted by atomic mass is 9.97. The molecule has 1 aliphatic rings. The number of fused-ring (bicyclic) bond motifs is 1. The van der Waals surface area contributed by atoms with E-state index >= 15 is 0 Å². The molecule has 3 aromatic rings. The van der Waals surface area contributed by atoms with E-state index in [0.29, 0.717) is 5.69 Å². The minimum atomic E-state index is -0.333. The van der Waals surface area contributed by atoms with E-state index < -0.39 is 0 Å². The fourth-order valence-corrected chi connectivity index (χ4v) is 4.05. The summed E-state index contributed by atoms with van der Waals surface area (Å²) in [6, 6.07) is 12.1. The highest BCUT2D eigenvalue weighted by molar-refractivity contribution is 5.96. The summed E-state index contributed by atoms with van der Waals surface area (Å²) in [6.07, 6.45) is 7.70. The molecule has 1 atom stereocenters. The van der Waals surface area contributed by atoms with E-state index in [1.54, 1.807) is 24.2 Å². The highest BCUT2D eigenvalue weighted by Gasteiger charge is 2.19. The number of amides is 2. The first-order chi connectivity index (χ1) is 15.0. The summed E-state index contributed by atoms with van der Waals surface area (Å²) in [5.41, 5.74) is 1.51. The van der Waals surface area contributed by atoms with Crippen molar-refractivity contribution >= 4 is 28.3 Å². The molecule has 1 saturated carbocycles. The normalized spacial score (nSPS) is 15.0. The first-order valence-corrected chi connectivity index (χ1v) is 10.7. The van der Waals surface area contributed by atoms with Gasteiger partial charge in [-0.05, 0) is 48.2 Å². The minimum Gasteiger partial charge on any atom is -0.497 e. The van der Waals surface area contributed by atoms with Crippen molar-refractivity contribution in [1.29, 1.82) is 0 Å². The van der Waals surface area contributed by atoms with Crippen molar-refractivity contribution in [3.8, 4) is 5.75 Å². The molecule has 1 aromatic heterocycles. The standard InChI is InChI=1S/C24H28N4O3/c1-16(17-7-8-19-12-22(31-2)10-9-18(19)11-17)24(30)27-21-13-25-28(14-21)15-23(29)26-20-5-3-4-6-20/h7-14,16,20H,3-6,15H2,1-2H3,(H,26,29)(H,27,30)/t16-/m0/s1. The van der Waals surface area contributed by atoms with Gasteiger partial charge in [0, 0.05) is 12.2 Å². The van der Waals surface area contributed by atoms with Gasteiger partial charge in [-0.25, -0.2) is 0 Å². The molecule has 0 unspecified atom stereocenters.